The van der Waals surface area contributed by atoms with Crippen molar-refractivity contribution in [2.75, 3.05) is 39.3 Å². The van der Waals surface area contributed by atoms with Gasteiger partial charge in [0.05, 0.1) is 11.4 Å². The Morgan fingerprint density at radius 1 is 1.26 bits per heavy atom. The lowest BCUT2D eigenvalue weighted by Gasteiger charge is -2.28. The molecular formula is C18H26N4O4S. The van der Waals surface area contributed by atoms with Crippen molar-refractivity contribution in [3.63, 3.8) is 0 Å². The van der Waals surface area contributed by atoms with Gasteiger partial charge in [-0.05, 0) is 43.7 Å². The summed E-state index contributed by atoms with van der Waals surface area (Å²) in [6, 6.07) is 6.19. The standard InChI is InChI=1S/C18H26N4O4S/c1-2-10-22(15-7-8-19-12-15)18(24)14-3-5-16(6-4-14)27(25,26)21-11-9-20-17(23)13-21/h3-6,15,19H,2,7-13H2,1H3,(H,20,23). The lowest BCUT2D eigenvalue weighted by molar-refractivity contribution is -0.122. The molecule has 8 nitrogen and oxygen atoms in total. The Morgan fingerprint density at radius 2 is 2.00 bits per heavy atom. The van der Waals surface area contributed by atoms with Crippen LogP contribution in [0.25, 0.3) is 0 Å². The zero-order valence-electron chi connectivity index (χ0n) is 15.5. The number of piperazine rings is 1. The Labute approximate surface area is 160 Å². The highest BCUT2D eigenvalue weighted by molar-refractivity contribution is 7.89. The molecule has 0 radical (unpaired) electrons. The molecule has 0 saturated carbocycles. The molecule has 2 saturated heterocycles. The van der Waals surface area contributed by atoms with Gasteiger partial charge in [0.1, 0.15) is 0 Å². The molecule has 2 aliphatic rings. The summed E-state index contributed by atoms with van der Waals surface area (Å²) in [5.41, 5.74) is 0.477. The fraction of sp³-hybridized carbons (Fsp3) is 0.556. The first kappa shape index (κ1) is 19.8. The van der Waals surface area contributed by atoms with E-state index in [9.17, 15) is 18.0 Å². The Bertz CT molecular complexity index is 788. The first-order valence-corrected chi connectivity index (χ1v) is 10.8. The van der Waals surface area contributed by atoms with Crippen molar-refractivity contribution < 1.29 is 18.0 Å². The summed E-state index contributed by atoms with van der Waals surface area (Å²) >= 11 is 0. The van der Waals surface area contributed by atoms with Crippen molar-refractivity contribution in [2.45, 2.75) is 30.7 Å². The van der Waals surface area contributed by atoms with Crippen LogP contribution in [0.3, 0.4) is 0 Å². The zero-order chi connectivity index (χ0) is 19.4. The van der Waals surface area contributed by atoms with Gasteiger partial charge in [-0.3, -0.25) is 9.59 Å². The fourth-order valence-electron chi connectivity index (χ4n) is 3.50. The molecule has 2 heterocycles. The van der Waals surface area contributed by atoms with Gasteiger partial charge in [-0.1, -0.05) is 6.92 Å². The second kappa shape index (κ2) is 8.37. The summed E-state index contributed by atoms with van der Waals surface area (Å²) in [5, 5.41) is 5.89. The maximum Gasteiger partial charge on any atom is 0.254 e. The van der Waals surface area contributed by atoms with E-state index in [0.29, 0.717) is 18.7 Å². The van der Waals surface area contributed by atoms with Crippen LogP contribution in [0.2, 0.25) is 0 Å². The number of hydrogen-bond donors (Lipinski definition) is 2. The van der Waals surface area contributed by atoms with Crippen LogP contribution in [-0.4, -0.2) is 74.7 Å². The van der Waals surface area contributed by atoms with Gasteiger partial charge in [0.25, 0.3) is 5.91 Å². The van der Waals surface area contributed by atoms with Crippen molar-refractivity contribution in [1.29, 1.82) is 0 Å². The Balaban J connectivity index is 1.77. The quantitative estimate of drug-likeness (QED) is 0.709. The van der Waals surface area contributed by atoms with E-state index in [4.69, 9.17) is 0 Å². The lowest BCUT2D eigenvalue weighted by atomic mass is 10.1. The van der Waals surface area contributed by atoms with E-state index in [-0.39, 0.29) is 35.8 Å². The third-order valence-electron chi connectivity index (χ3n) is 4.94. The van der Waals surface area contributed by atoms with Crippen LogP contribution >= 0.6 is 0 Å². The molecule has 0 aromatic heterocycles. The van der Waals surface area contributed by atoms with Gasteiger partial charge in [0.2, 0.25) is 15.9 Å². The summed E-state index contributed by atoms with van der Waals surface area (Å²) in [5.74, 6) is -0.385. The SMILES string of the molecule is CCCN(C(=O)c1ccc(S(=O)(=O)N2CCNC(=O)C2)cc1)C1CCNC1. The van der Waals surface area contributed by atoms with Gasteiger partial charge in [-0.15, -0.1) is 0 Å². The molecule has 2 fully saturated rings. The molecule has 2 amide bonds. The number of amides is 2. The lowest BCUT2D eigenvalue weighted by Crippen LogP contribution is -2.49. The molecule has 1 unspecified atom stereocenters. The highest BCUT2D eigenvalue weighted by Gasteiger charge is 2.30. The van der Waals surface area contributed by atoms with E-state index in [1.165, 1.54) is 12.1 Å². The van der Waals surface area contributed by atoms with Crippen molar-refractivity contribution in [3.05, 3.63) is 29.8 Å². The van der Waals surface area contributed by atoms with Crippen molar-refractivity contribution in [3.8, 4) is 0 Å². The van der Waals surface area contributed by atoms with E-state index < -0.39 is 10.0 Å². The van der Waals surface area contributed by atoms with Crippen molar-refractivity contribution in [2.24, 2.45) is 0 Å². The summed E-state index contributed by atoms with van der Waals surface area (Å²) in [6.07, 6.45) is 1.79. The Hall–Kier alpha value is -1.97. The molecule has 2 aliphatic heterocycles. The molecule has 0 spiro atoms. The van der Waals surface area contributed by atoms with E-state index >= 15 is 0 Å². The van der Waals surface area contributed by atoms with E-state index in [1.807, 2.05) is 11.8 Å². The minimum atomic E-state index is -3.75. The molecular weight excluding hydrogens is 368 g/mol. The number of carbonyl (C=O) groups is 2. The smallest absolute Gasteiger partial charge is 0.254 e. The molecule has 9 heteroatoms. The topological polar surface area (TPSA) is 98.8 Å². The van der Waals surface area contributed by atoms with Crippen molar-refractivity contribution >= 4 is 21.8 Å². The monoisotopic (exact) mass is 394 g/mol. The third kappa shape index (κ3) is 4.31. The van der Waals surface area contributed by atoms with E-state index in [1.54, 1.807) is 12.1 Å². The number of carbonyl (C=O) groups excluding carboxylic acids is 2. The molecule has 2 N–H and O–H groups in total. The second-order valence-corrected chi connectivity index (χ2v) is 8.80. The summed E-state index contributed by atoms with van der Waals surface area (Å²) in [4.78, 5) is 26.4. The average Bonchev–Trinajstić information content (AvgIpc) is 3.20. The van der Waals surface area contributed by atoms with Crippen LogP contribution in [-0.2, 0) is 14.8 Å². The van der Waals surface area contributed by atoms with Crippen LogP contribution in [0.15, 0.2) is 29.2 Å². The summed E-state index contributed by atoms with van der Waals surface area (Å²) in [7, 11) is -3.75. The predicted molar refractivity (Wildman–Crippen MR) is 101 cm³/mol. The van der Waals surface area contributed by atoms with Gasteiger partial charge < -0.3 is 15.5 Å². The van der Waals surface area contributed by atoms with Crippen LogP contribution in [0.1, 0.15) is 30.1 Å². The van der Waals surface area contributed by atoms with Gasteiger partial charge in [0, 0.05) is 37.8 Å². The van der Waals surface area contributed by atoms with Crippen LogP contribution in [0, 0.1) is 0 Å². The fourth-order valence-corrected chi connectivity index (χ4v) is 4.90. The van der Waals surface area contributed by atoms with E-state index in [2.05, 4.69) is 10.6 Å². The predicted octanol–water partition coefficient (Wildman–Crippen LogP) is 0.0212. The highest BCUT2D eigenvalue weighted by atomic mass is 32.2. The van der Waals surface area contributed by atoms with Gasteiger partial charge in [0.15, 0.2) is 0 Å². The largest absolute Gasteiger partial charge is 0.354 e. The number of nitrogens with one attached hydrogen (secondary N) is 2. The van der Waals surface area contributed by atoms with Crippen LogP contribution < -0.4 is 10.6 Å². The molecule has 0 aliphatic carbocycles. The van der Waals surface area contributed by atoms with E-state index in [0.717, 1.165) is 30.2 Å². The third-order valence-corrected chi connectivity index (χ3v) is 6.80. The Morgan fingerprint density at radius 3 is 2.59 bits per heavy atom. The van der Waals surface area contributed by atoms with Gasteiger partial charge >= 0.3 is 0 Å². The maximum absolute atomic E-state index is 12.9. The van der Waals surface area contributed by atoms with Gasteiger partial charge in [-0.25, -0.2) is 8.42 Å². The first-order chi connectivity index (χ1) is 12.9. The van der Waals surface area contributed by atoms with Crippen molar-refractivity contribution in [1.82, 2.24) is 19.8 Å². The Kier molecular flexibility index (Phi) is 6.13. The average molecular weight is 394 g/mol. The normalized spacial score (nSPS) is 21.1. The molecule has 3 rings (SSSR count). The maximum atomic E-state index is 12.9. The molecule has 1 atom stereocenters. The van der Waals surface area contributed by atoms with Gasteiger partial charge in [-0.2, -0.15) is 4.31 Å². The minimum Gasteiger partial charge on any atom is -0.354 e. The number of sulfonamides is 1. The number of nitrogens with zero attached hydrogens (tertiary/aromatic N) is 2. The van der Waals surface area contributed by atoms with Crippen LogP contribution in [0.5, 0.6) is 0 Å². The highest BCUT2D eigenvalue weighted by Crippen LogP contribution is 2.19. The molecule has 148 valence electrons. The molecule has 1 aromatic rings. The first-order valence-electron chi connectivity index (χ1n) is 9.32. The number of rotatable bonds is 6. The zero-order valence-corrected chi connectivity index (χ0v) is 16.3. The summed E-state index contributed by atoms with van der Waals surface area (Å²) < 4.78 is 26.6. The van der Waals surface area contributed by atoms with Crippen LogP contribution in [0.4, 0.5) is 0 Å². The second-order valence-electron chi connectivity index (χ2n) is 6.86. The minimum absolute atomic E-state index is 0.0770. The number of benzene rings is 1. The molecule has 27 heavy (non-hydrogen) atoms. The molecule has 1 aromatic carbocycles. The molecule has 0 bridgehead atoms. The number of hydrogen-bond acceptors (Lipinski definition) is 5. The summed E-state index contributed by atoms with van der Waals surface area (Å²) in [6.45, 7) is 4.76.